The SMILES string of the molecule is CNC(c1ccc(Cl)o1)c1ccc(C(C)C)cc1C(C)C. The molecule has 0 radical (unpaired) electrons. The molecule has 0 bridgehead atoms. The fraction of sp³-hybridized carbons (Fsp3) is 0.444. The summed E-state index contributed by atoms with van der Waals surface area (Å²) in [4.78, 5) is 0. The van der Waals surface area contributed by atoms with E-state index < -0.39 is 0 Å². The highest BCUT2D eigenvalue weighted by Gasteiger charge is 2.21. The first-order chi connectivity index (χ1) is 9.93. The Hall–Kier alpha value is -1.25. The summed E-state index contributed by atoms with van der Waals surface area (Å²) in [6, 6.07) is 10.5. The van der Waals surface area contributed by atoms with Gasteiger partial charge in [-0.25, -0.2) is 0 Å². The number of halogens is 1. The number of nitrogens with one attached hydrogen (secondary N) is 1. The molecule has 0 saturated carbocycles. The molecular weight excluding hydrogens is 282 g/mol. The van der Waals surface area contributed by atoms with E-state index in [1.54, 1.807) is 6.07 Å². The van der Waals surface area contributed by atoms with Crippen molar-refractivity contribution in [1.82, 2.24) is 5.32 Å². The molecule has 0 fully saturated rings. The van der Waals surface area contributed by atoms with Crippen molar-refractivity contribution < 1.29 is 4.42 Å². The van der Waals surface area contributed by atoms with Gasteiger partial charge in [-0.1, -0.05) is 45.9 Å². The van der Waals surface area contributed by atoms with Gasteiger partial charge in [-0.15, -0.1) is 0 Å². The van der Waals surface area contributed by atoms with Crippen LogP contribution in [0.3, 0.4) is 0 Å². The molecule has 2 aromatic rings. The maximum Gasteiger partial charge on any atom is 0.193 e. The monoisotopic (exact) mass is 305 g/mol. The summed E-state index contributed by atoms with van der Waals surface area (Å²) in [5.74, 6) is 1.84. The van der Waals surface area contributed by atoms with Crippen LogP contribution in [-0.4, -0.2) is 7.05 Å². The van der Waals surface area contributed by atoms with Gasteiger partial charge in [-0.3, -0.25) is 0 Å². The van der Waals surface area contributed by atoms with Crippen molar-refractivity contribution in [2.45, 2.75) is 45.6 Å². The van der Waals surface area contributed by atoms with Crippen molar-refractivity contribution in [2.75, 3.05) is 7.05 Å². The molecule has 0 saturated heterocycles. The molecule has 21 heavy (non-hydrogen) atoms. The molecule has 0 spiro atoms. The van der Waals surface area contributed by atoms with E-state index in [1.807, 2.05) is 13.1 Å². The van der Waals surface area contributed by atoms with Crippen molar-refractivity contribution in [3.63, 3.8) is 0 Å². The van der Waals surface area contributed by atoms with Crippen molar-refractivity contribution in [3.05, 3.63) is 58.0 Å². The van der Waals surface area contributed by atoms with Crippen LogP contribution in [0.15, 0.2) is 34.7 Å². The van der Waals surface area contributed by atoms with Crippen LogP contribution in [0.4, 0.5) is 0 Å². The van der Waals surface area contributed by atoms with Gasteiger partial charge in [0.1, 0.15) is 5.76 Å². The van der Waals surface area contributed by atoms with E-state index in [0.29, 0.717) is 17.1 Å². The molecule has 1 aromatic carbocycles. The molecule has 1 N–H and O–H groups in total. The molecule has 2 nitrogen and oxygen atoms in total. The van der Waals surface area contributed by atoms with Gasteiger partial charge in [0.15, 0.2) is 5.22 Å². The number of hydrogen-bond donors (Lipinski definition) is 1. The van der Waals surface area contributed by atoms with Gasteiger partial charge in [0.2, 0.25) is 0 Å². The maximum atomic E-state index is 5.92. The van der Waals surface area contributed by atoms with Crippen LogP contribution in [0.2, 0.25) is 5.22 Å². The summed E-state index contributed by atoms with van der Waals surface area (Å²) >= 11 is 5.92. The summed E-state index contributed by atoms with van der Waals surface area (Å²) in [5.41, 5.74) is 3.98. The first-order valence-corrected chi connectivity index (χ1v) is 7.88. The molecule has 2 rings (SSSR count). The number of furan rings is 1. The van der Waals surface area contributed by atoms with Gasteiger partial charge >= 0.3 is 0 Å². The molecule has 1 unspecified atom stereocenters. The van der Waals surface area contributed by atoms with Crippen molar-refractivity contribution in [1.29, 1.82) is 0 Å². The average Bonchev–Trinajstić information content (AvgIpc) is 2.86. The standard InChI is InChI=1S/C18H24ClNO/c1-11(2)13-6-7-14(15(10-13)12(3)4)18(20-5)16-8-9-17(19)21-16/h6-12,18,20H,1-5H3. The van der Waals surface area contributed by atoms with Crippen LogP contribution in [0.25, 0.3) is 0 Å². The topological polar surface area (TPSA) is 25.2 Å². The molecule has 0 aliphatic rings. The van der Waals surface area contributed by atoms with Gasteiger partial charge in [-0.05, 0) is 59.3 Å². The van der Waals surface area contributed by atoms with E-state index in [9.17, 15) is 0 Å². The third kappa shape index (κ3) is 3.50. The average molecular weight is 306 g/mol. The molecule has 1 heterocycles. The molecule has 3 heteroatoms. The molecule has 114 valence electrons. The number of benzene rings is 1. The van der Waals surface area contributed by atoms with E-state index in [4.69, 9.17) is 16.0 Å². The second-order valence-corrected chi connectivity index (χ2v) is 6.43. The van der Waals surface area contributed by atoms with Gasteiger partial charge < -0.3 is 9.73 Å². The molecule has 0 amide bonds. The normalized spacial score (nSPS) is 13.1. The van der Waals surface area contributed by atoms with Crippen molar-refractivity contribution in [2.24, 2.45) is 0 Å². The van der Waals surface area contributed by atoms with Gasteiger partial charge in [0.05, 0.1) is 6.04 Å². The minimum absolute atomic E-state index is 0.0242. The first kappa shape index (κ1) is 16.1. The lowest BCUT2D eigenvalue weighted by atomic mass is 9.88. The molecule has 1 atom stereocenters. The minimum atomic E-state index is 0.0242. The van der Waals surface area contributed by atoms with Crippen LogP contribution < -0.4 is 5.32 Å². The molecule has 1 aromatic heterocycles. The summed E-state index contributed by atoms with van der Waals surface area (Å²) in [6.07, 6.45) is 0. The zero-order valence-corrected chi connectivity index (χ0v) is 14.2. The van der Waals surface area contributed by atoms with Crippen LogP contribution >= 0.6 is 11.6 Å². The van der Waals surface area contributed by atoms with Crippen LogP contribution in [0.1, 0.15) is 68.0 Å². The predicted molar refractivity (Wildman–Crippen MR) is 89.2 cm³/mol. The lowest BCUT2D eigenvalue weighted by molar-refractivity contribution is 0.462. The first-order valence-electron chi connectivity index (χ1n) is 7.50. The van der Waals surface area contributed by atoms with E-state index in [1.165, 1.54) is 16.7 Å². The van der Waals surface area contributed by atoms with E-state index in [2.05, 4.69) is 51.2 Å². The lowest BCUT2D eigenvalue weighted by Gasteiger charge is -2.22. The summed E-state index contributed by atoms with van der Waals surface area (Å²) in [5, 5.41) is 3.77. The van der Waals surface area contributed by atoms with E-state index in [0.717, 1.165) is 5.76 Å². The summed E-state index contributed by atoms with van der Waals surface area (Å²) in [6.45, 7) is 8.90. The Kier molecular flexibility index (Phi) is 5.13. The van der Waals surface area contributed by atoms with Crippen molar-refractivity contribution >= 4 is 11.6 Å². The van der Waals surface area contributed by atoms with Crippen LogP contribution in [0.5, 0.6) is 0 Å². The quantitative estimate of drug-likeness (QED) is 0.790. The van der Waals surface area contributed by atoms with E-state index >= 15 is 0 Å². The summed E-state index contributed by atoms with van der Waals surface area (Å²) in [7, 11) is 1.95. The Morgan fingerprint density at radius 1 is 0.952 bits per heavy atom. The largest absolute Gasteiger partial charge is 0.448 e. The summed E-state index contributed by atoms with van der Waals surface area (Å²) < 4.78 is 5.61. The number of hydrogen-bond acceptors (Lipinski definition) is 2. The maximum absolute atomic E-state index is 5.92. The predicted octanol–water partition coefficient (Wildman–Crippen LogP) is 5.49. The Bertz CT molecular complexity index is 601. The second-order valence-electron chi connectivity index (χ2n) is 6.06. The van der Waals surface area contributed by atoms with Crippen LogP contribution in [-0.2, 0) is 0 Å². The Morgan fingerprint density at radius 2 is 1.67 bits per heavy atom. The fourth-order valence-electron chi connectivity index (χ4n) is 2.65. The Balaban J connectivity index is 2.50. The van der Waals surface area contributed by atoms with Gasteiger partial charge in [0.25, 0.3) is 0 Å². The molecule has 0 aliphatic carbocycles. The zero-order chi connectivity index (χ0) is 15.6. The smallest absolute Gasteiger partial charge is 0.193 e. The third-order valence-corrected chi connectivity index (χ3v) is 4.08. The third-order valence-electron chi connectivity index (χ3n) is 3.88. The van der Waals surface area contributed by atoms with Crippen molar-refractivity contribution in [3.8, 4) is 0 Å². The van der Waals surface area contributed by atoms with Gasteiger partial charge in [0, 0.05) is 0 Å². The Morgan fingerprint density at radius 3 is 2.14 bits per heavy atom. The highest BCUT2D eigenvalue weighted by Crippen LogP contribution is 2.33. The second kappa shape index (κ2) is 6.67. The highest BCUT2D eigenvalue weighted by atomic mass is 35.5. The van der Waals surface area contributed by atoms with E-state index in [-0.39, 0.29) is 6.04 Å². The minimum Gasteiger partial charge on any atom is -0.448 e. The van der Waals surface area contributed by atoms with Gasteiger partial charge in [-0.2, -0.15) is 0 Å². The lowest BCUT2D eigenvalue weighted by Crippen LogP contribution is -2.19. The fourth-order valence-corrected chi connectivity index (χ4v) is 2.80. The molecular formula is C18H24ClNO. The Labute approximate surface area is 132 Å². The van der Waals surface area contributed by atoms with Crippen LogP contribution in [0, 0.1) is 0 Å². The number of rotatable bonds is 5. The zero-order valence-electron chi connectivity index (χ0n) is 13.4. The highest BCUT2D eigenvalue weighted by molar-refractivity contribution is 6.28. The molecule has 0 aliphatic heterocycles.